The maximum absolute atomic E-state index is 4.51. The van der Waals surface area contributed by atoms with Gasteiger partial charge in [0.1, 0.15) is 0 Å². The first-order valence-electron chi connectivity index (χ1n) is 8.15. The van der Waals surface area contributed by atoms with Crippen LogP contribution in [0, 0.1) is 5.92 Å². The van der Waals surface area contributed by atoms with E-state index < -0.39 is 0 Å². The van der Waals surface area contributed by atoms with Crippen molar-refractivity contribution in [3.8, 4) is 0 Å². The summed E-state index contributed by atoms with van der Waals surface area (Å²) in [5.41, 5.74) is 2.40. The standard InChI is InChI=1S/C16H30N4/c1-5-9-20-10-7-14(8-11-20)13(3)17-16-12-19(4)18-15(16)6-2/h12-14,17H,5-11H2,1-4H3. The van der Waals surface area contributed by atoms with Gasteiger partial charge in [-0.25, -0.2) is 0 Å². The first kappa shape index (κ1) is 15.4. The first-order valence-corrected chi connectivity index (χ1v) is 8.15. The minimum Gasteiger partial charge on any atom is -0.380 e. The first-order chi connectivity index (χ1) is 9.63. The number of hydrogen-bond donors (Lipinski definition) is 1. The second-order valence-corrected chi connectivity index (χ2v) is 6.13. The largest absolute Gasteiger partial charge is 0.380 e. The summed E-state index contributed by atoms with van der Waals surface area (Å²) in [7, 11) is 2.00. The molecular formula is C16H30N4. The number of rotatable bonds is 6. The third kappa shape index (κ3) is 3.75. The molecule has 20 heavy (non-hydrogen) atoms. The van der Waals surface area contributed by atoms with Gasteiger partial charge in [-0.05, 0) is 58.2 Å². The minimum absolute atomic E-state index is 0.535. The van der Waals surface area contributed by atoms with Crippen LogP contribution in [0.4, 0.5) is 5.69 Å². The number of hydrogen-bond acceptors (Lipinski definition) is 3. The average molecular weight is 278 g/mol. The number of aryl methyl sites for hydroxylation is 2. The Balaban J connectivity index is 1.87. The Morgan fingerprint density at radius 2 is 2.05 bits per heavy atom. The summed E-state index contributed by atoms with van der Waals surface area (Å²) in [6.45, 7) is 10.5. The molecule has 1 fully saturated rings. The number of likely N-dealkylation sites (tertiary alicyclic amines) is 1. The highest BCUT2D eigenvalue weighted by atomic mass is 15.3. The molecule has 0 radical (unpaired) electrons. The average Bonchev–Trinajstić information content (AvgIpc) is 2.80. The molecule has 4 nitrogen and oxygen atoms in total. The van der Waals surface area contributed by atoms with Crippen molar-refractivity contribution < 1.29 is 0 Å². The predicted molar refractivity (Wildman–Crippen MR) is 85.1 cm³/mol. The van der Waals surface area contributed by atoms with Gasteiger partial charge in [-0.1, -0.05) is 13.8 Å². The van der Waals surface area contributed by atoms with Crippen LogP contribution < -0.4 is 5.32 Å². The van der Waals surface area contributed by atoms with E-state index in [1.807, 2.05) is 11.7 Å². The predicted octanol–water partition coefficient (Wildman–Crippen LogP) is 2.90. The maximum Gasteiger partial charge on any atom is 0.0853 e. The lowest BCUT2D eigenvalue weighted by molar-refractivity contribution is 0.176. The molecule has 1 unspecified atom stereocenters. The molecule has 1 atom stereocenters. The van der Waals surface area contributed by atoms with Crippen LogP contribution in [0.5, 0.6) is 0 Å². The Bertz CT molecular complexity index is 405. The molecule has 1 N–H and O–H groups in total. The number of anilines is 1. The Kier molecular flexibility index (Phi) is 5.46. The minimum atomic E-state index is 0.535. The molecular weight excluding hydrogens is 248 g/mol. The van der Waals surface area contributed by atoms with Crippen LogP contribution in [0.25, 0.3) is 0 Å². The van der Waals surface area contributed by atoms with Crippen molar-refractivity contribution in [2.24, 2.45) is 13.0 Å². The van der Waals surface area contributed by atoms with Gasteiger partial charge in [-0.3, -0.25) is 4.68 Å². The zero-order valence-electron chi connectivity index (χ0n) is 13.5. The summed E-state index contributed by atoms with van der Waals surface area (Å²) in [5.74, 6) is 0.785. The van der Waals surface area contributed by atoms with Crippen LogP contribution in [0.2, 0.25) is 0 Å². The molecule has 2 heterocycles. The van der Waals surface area contributed by atoms with E-state index in [0.717, 1.165) is 12.3 Å². The molecule has 0 bridgehead atoms. The number of nitrogens with one attached hydrogen (secondary N) is 1. The number of aromatic nitrogens is 2. The van der Waals surface area contributed by atoms with E-state index in [-0.39, 0.29) is 0 Å². The highest BCUT2D eigenvalue weighted by Gasteiger charge is 2.24. The Morgan fingerprint density at radius 3 is 2.65 bits per heavy atom. The molecule has 2 rings (SSSR count). The summed E-state index contributed by atoms with van der Waals surface area (Å²) in [6.07, 6.45) is 7.01. The quantitative estimate of drug-likeness (QED) is 0.868. The lowest BCUT2D eigenvalue weighted by Gasteiger charge is -2.35. The van der Waals surface area contributed by atoms with Gasteiger partial charge in [0.2, 0.25) is 0 Å². The second-order valence-electron chi connectivity index (χ2n) is 6.13. The van der Waals surface area contributed by atoms with Crippen molar-refractivity contribution in [3.63, 3.8) is 0 Å². The maximum atomic E-state index is 4.51. The zero-order valence-corrected chi connectivity index (χ0v) is 13.5. The van der Waals surface area contributed by atoms with Crippen LogP contribution in [0.1, 0.15) is 45.7 Å². The van der Waals surface area contributed by atoms with Crippen LogP contribution in [0.15, 0.2) is 6.20 Å². The molecule has 4 heteroatoms. The van der Waals surface area contributed by atoms with Gasteiger partial charge in [-0.15, -0.1) is 0 Å². The molecule has 1 aromatic rings. The Hall–Kier alpha value is -1.03. The fraction of sp³-hybridized carbons (Fsp3) is 0.812. The van der Waals surface area contributed by atoms with Crippen molar-refractivity contribution in [3.05, 3.63) is 11.9 Å². The van der Waals surface area contributed by atoms with Gasteiger partial charge in [0, 0.05) is 19.3 Å². The van der Waals surface area contributed by atoms with E-state index in [0.29, 0.717) is 6.04 Å². The fourth-order valence-electron chi connectivity index (χ4n) is 3.27. The lowest BCUT2D eigenvalue weighted by atomic mass is 9.90. The van der Waals surface area contributed by atoms with Crippen LogP contribution in [-0.2, 0) is 13.5 Å². The van der Waals surface area contributed by atoms with Crippen LogP contribution in [0.3, 0.4) is 0 Å². The SMILES string of the molecule is CCCN1CCC(C(C)Nc2cn(C)nc2CC)CC1. The van der Waals surface area contributed by atoms with E-state index in [4.69, 9.17) is 0 Å². The van der Waals surface area contributed by atoms with Gasteiger partial charge in [0.15, 0.2) is 0 Å². The van der Waals surface area contributed by atoms with Gasteiger partial charge < -0.3 is 10.2 Å². The molecule has 1 saturated heterocycles. The molecule has 1 aliphatic rings. The summed E-state index contributed by atoms with van der Waals surface area (Å²) in [4.78, 5) is 2.60. The molecule has 114 valence electrons. The smallest absolute Gasteiger partial charge is 0.0853 e. The van der Waals surface area contributed by atoms with Gasteiger partial charge in [0.25, 0.3) is 0 Å². The molecule has 0 saturated carbocycles. The summed E-state index contributed by atoms with van der Waals surface area (Å²) >= 11 is 0. The van der Waals surface area contributed by atoms with Crippen molar-refractivity contribution in [1.82, 2.24) is 14.7 Å². The molecule has 0 aliphatic carbocycles. The van der Waals surface area contributed by atoms with Crippen molar-refractivity contribution in [1.29, 1.82) is 0 Å². The van der Waals surface area contributed by atoms with Crippen molar-refractivity contribution in [2.75, 3.05) is 25.0 Å². The topological polar surface area (TPSA) is 33.1 Å². The third-order valence-corrected chi connectivity index (χ3v) is 4.50. The molecule has 1 aromatic heterocycles. The Labute approximate surface area is 123 Å². The summed E-state index contributed by atoms with van der Waals surface area (Å²) in [6, 6.07) is 0.535. The van der Waals surface area contributed by atoms with E-state index in [2.05, 4.69) is 42.3 Å². The summed E-state index contributed by atoms with van der Waals surface area (Å²) < 4.78 is 1.91. The van der Waals surface area contributed by atoms with E-state index in [1.54, 1.807) is 0 Å². The molecule has 0 amide bonds. The monoisotopic (exact) mass is 278 g/mol. The Morgan fingerprint density at radius 1 is 1.35 bits per heavy atom. The van der Waals surface area contributed by atoms with Crippen LogP contribution in [-0.4, -0.2) is 40.4 Å². The lowest BCUT2D eigenvalue weighted by Crippen LogP contribution is -2.39. The third-order valence-electron chi connectivity index (χ3n) is 4.50. The van der Waals surface area contributed by atoms with Crippen LogP contribution >= 0.6 is 0 Å². The summed E-state index contributed by atoms with van der Waals surface area (Å²) in [5, 5.41) is 8.21. The van der Waals surface area contributed by atoms with Crippen molar-refractivity contribution in [2.45, 2.75) is 52.5 Å². The highest BCUT2D eigenvalue weighted by molar-refractivity contribution is 5.47. The van der Waals surface area contributed by atoms with E-state index >= 15 is 0 Å². The van der Waals surface area contributed by atoms with E-state index in [9.17, 15) is 0 Å². The molecule has 0 aromatic carbocycles. The molecule has 0 spiro atoms. The van der Waals surface area contributed by atoms with E-state index in [1.165, 1.54) is 50.3 Å². The normalized spacial score (nSPS) is 19.2. The molecule has 1 aliphatic heterocycles. The number of piperidine rings is 1. The zero-order chi connectivity index (χ0) is 14.5. The number of nitrogens with zero attached hydrogens (tertiary/aromatic N) is 3. The van der Waals surface area contributed by atoms with Gasteiger partial charge >= 0.3 is 0 Å². The van der Waals surface area contributed by atoms with Gasteiger partial charge in [0.05, 0.1) is 11.4 Å². The fourth-order valence-corrected chi connectivity index (χ4v) is 3.27. The van der Waals surface area contributed by atoms with Crippen molar-refractivity contribution >= 4 is 5.69 Å². The second kappa shape index (κ2) is 7.11. The highest BCUT2D eigenvalue weighted by Crippen LogP contribution is 2.24. The van der Waals surface area contributed by atoms with Gasteiger partial charge in [-0.2, -0.15) is 5.10 Å².